The normalized spacial score (nSPS) is 14.7. The summed E-state index contributed by atoms with van der Waals surface area (Å²) in [5.74, 6) is -2.59. The fourth-order valence-electron chi connectivity index (χ4n) is 2.98. The summed E-state index contributed by atoms with van der Waals surface area (Å²) in [5.41, 5.74) is 0.547. The molecule has 2 aromatic carbocycles. The van der Waals surface area contributed by atoms with Crippen LogP contribution in [0.25, 0.3) is 11.3 Å². The molecule has 0 bridgehead atoms. The number of anilines is 1. The Balaban J connectivity index is 1.83. The Labute approximate surface area is 153 Å². The SMILES string of the molecule is O=C(Nc1ccc(F)cc1F)c1c(-c2ccccc2)nc2n1CCS2(=O)=O. The number of benzene rings is 2. The van der Waals surface area contributed by atoms with E-state index in [2.05, 4.69) is 10.3 Å². The summed E-state index contributed by atoms with van der Waals surface area (Å²) in [4.78, 5) is 17.0. The van der Waals surface area contributed by atoms with Crippen LogP contribution in [0.15, 0.2) is 53.7 Å². The standard InChI is InChI=1S/C18H13F2N3O3S/c19-12-6-7-14(13(20)10-12)21-17(24)16-15(11-4-2-1-3-5-11)22-18-23(16)8-9-27(18,25)26/h1-7,10H,8-9H2,(H,21,24). The minimum absolute atomic E-state index is 0.0148. The van der Waals surface area contributed by atoms with Crippen LogP contribution in [0.2, 0.25) is 0 Å². The summed E-state index contributed by atoms with van der Waals surface area (Å²) in [6.45, 7) is 0.0755. The first kappa shape index (κ1) is 17.3. The summed E-state index contributed by atoms with van der Waals surface area (Å²) in [5, 5.41) is 2.18. The number of fused-ring (bicyclic) bond motifs is 1. The van der Waals surface area contributed by atoms with Gasteiger partial charge in [-0.3, -0.25) is 4.79 Å². The van der Waals surface area contributed by atoms with Gasteiger partial charge in [0.05, 0.1) is 11.4 Å². The summed E-state index contributed by atoms with van der Waals surface area (Å²) in [7, 11) is -3.59. The molecule has 1 aliphatic heterocycles. The van der Waals surface area contributed by atoms with Crippen LogP contribution in [-0.4, -0.2) is 29.6 Å². The third-order valence-corrected chi connectivity index (χ3v) is 5.82. The van der Waals surface area contributed by atoms with E-state index in [0.717, 1.165) is 12.1 Å². The Morgan fingerprint density at radius 1 is 1.11 bits per heavy atom. The van der Waals surface area contributed by atoms with Gasteiger partial charge in [0.15, 0.2) is 0 Å². The lowest BCUT2D eigenvalue weighted by Gasteiger charge is -2.09. The van der Waals surface area contributed by atoms with E-state index < -0.39 is 27.4 Å². The van der Waals surface area contributed by atoms with Crippen LogP contribution in [0.5, 0.6) is 0 Å². The van der Waals surface area contributed by atoms with E-state index in [1.165, 1.54) is 4.57 Å². The molecule has 2 heterocycles. The first-order valence-corrected chi connectivity index (χ1v) is 9.67. The molecule has 0 unspecified atom stereocenters. The van der Waals surface area contributed by atoms with Crippen molar-refractivity contribution in [1.82, 2.24) is 9.55 Å². The summed E-state index contributed by atoms with van der Waals surface area (Å²) < 4.78 is 52.7. The zero-order chi connectivity index (χ0) is 19.2. The van der Waals surface area contributed by atoms with Gasteiger partial charge in [-0.05, 0) is 12.1 Å². The first-order valence-electron chi connectivity index (χ1n) is 8.02. The van der Waals surface area contributed by atoms with Crippen molar-refractivity contribution < 1.29 is 22.0 Å². The number of imidazole rings is 1. The molecule has 6 nitrogen and oxygen atoms in total. The molecule has 0 atom stereocenters. The highest BCUT2D eigenvalue weighted by atomic mass is 32.2. The lowest BCUT2D eigenvalue weighted by molar-refractivity contribution is 0.101. The first-order chi connectivity index (χ1) is 12.9. The van der Waals surface area contributed by atoms with Crippen LogP contribution in [0.1, 0.15) is 10.5 Å². The average molecular weight is 389 g/mol. The quantitative estimate of drug-likeness (QED) is 0.747. The largest absolute Gasteiger partial charge is 0.318 e. The summed E-state index contributed by atoms with van der Waals surface area (Å²) in [6, 6.07) is 11.4. The minimum Gasteiger partial charge on any atom is -0.318 e. The highest BCUT2D eigenvalue weighted by Crippen LogP contribution is 2.31. The number of rotatable bonds is 3. The van der Waals surface area contributed by atoms with Crippen LogP contribution in [0, 0.1) is 11.6 Å². The van der Waals surface area contributed by atoms with Crippen LogP contribution in [0.3, 0.4) is 0 Å². The van der Waals surface area contributed by atoms with Crippen molar-refractivity contribution >= 4 is 21.4 Å². The molecule has 0 aliphatic carbocycles. The van der Waals surface area contributed by atoms with E-state index in [9.17, 15) is 22.0 Å². The van der Waals surface area contributed by atoms with Gasteiger partial charge >= 0.3 is 0 Å². The maximum atomic E-state index is 13.9. The van der Waals surface area contributed by atoms with Gasteiger partial charge in [-0.25, -0.2) is 22.2 Å². The van der Waals surface area contributed by atoms with Crippen LogP contribution in [0.4, 0.5) is 14.5 Å². The van der Waals surface area contributed by atoms with Crippen molar-refractivity contribution in [2.75, 3.05) is 11.1 Å². The molecule has 1 aromatic heterocycles. The van der Waals surface area contributed by atoms with Gasteiger partial charge in [0, 0.05) is 18.2 Å². The summed E-state index contributed by atoms with van der Waals surface area (Å²) in [6.07, 6.45) is 0. The number of carbonyl (C=O) groups is 1. The van der Waals surface area contributed by atoms with Gasteiger partial charge in [0.25, 0.3) is 5.91 Å². The van der Waals surface area contributed by atoms with Crippen molar-refractivity contribution in [1.29, 1.82) is 0 Å². The number of amides is 1. The number of hydrogen-bond acceptors (Lipinski definition) is 4. The second-order valence-corrected chi connectivity index (χ2v) is 8.01. The van der Waals surface area contributed by atoms with Gasteiger partial charge in [0.1, 0.15) is 23.0 Å². The highest BCUT2D eigenvalue weighted by Gasteiger charge is 2.35. The second kappa shape index (κ2) is 6.27. The van der Waals surface area contributed by atoms with E-state index in [0.29, 0.717) is 11.6 Å². The fraction of sp³-hybridized carbons (Fsp3) is 0.111. The predicted octanol–water partition coefficient (Wildman–Crippen LogP) is 2.87. The maximum Gasteiger partial charge on any atom is 0.274 e. The number of nitrogens with zero attached hydrogens (tertiary/aromatic N) is 2. The van der Waals surface area contributed by atoms with Crippen molar-refractivity contribution in [3.63, 3.8) is 0 Å². The average Bonchev–Trinajstić information content (AvgIpc) is 3.16. The molecular weight excluding hydrogens is 376 g/mol. The second-order valence-electron chi connectivity index (χ2n) is 6.01. The van der Waals surface area contributed by atoms with E-state index in [1.807, 2.05) is 0 Å². The zero-order valence-electron chi connectivity index (χ0n) is 13.8. The number of aromatic nitrogens is 2. The topological polar surface area (TPSA) is 81.1 Å². The van der Waals surface area contributed by atoms with Gasteiger partial charge in [0.2, 0.25) is 15.0 Å². The molecule has 4 rings (SSSR count). The number of hydrogen-bond donors (Lipinski definition) is 1. The number of nitrogens with one attached hydrogen (secondary N) is 1. The molecule has 9 heteroatoms. The molecule has 1 aliphatic rings. The molecule has 1 N–H and O–H groups in total. The lowest BCUT2D eigenvalue weighted by atomic mass is 10.1. The zero-order valence-corrected chi connectivity index (χ0v) is 14.6. The Morgan fingerprint density at radius 2 is 1.85 bits per heavy atom. The molecule has 138 valence electrons. The third kappa shape index (κ3) is 2.99. The van der Waals surface area contributed by atoms with E-state index in [4.69, 9.17) is 0 Å². The molecular formula is C18H13F2N3O3S. The van der Waals surface area contributed by atoms with Crippen molar-refractivity contribution in [2.24, 2.45) is 0 Å². The van der Waals surface area contributed by atoms with Crippen molar-refractivity contribution in [3.05, 3.63) is 65.9 Å². The molecule has 0 fully saturated rings. The summed E-state index contributed by atoms with van der Waals surface area (Å²) >= 11 is 0. The monoisotopic (exact) mass is 389 g/mol. The molecule has 1 amide bonds. The van der Waals surface area contributed by atoms with E-state index >= 15 is 0 Å². The van der Waals surface area contributed by atoms with Gasteiger partial charge < -0.3 is 9.88 Å². The van der Waals surface area contributed by atoms with Crippen molar-refractivity contribution in [2.45, 2.75) is 11.7 Å². The molecule has 0 spiro atoms. The third-order valence-electron chi connectivity index (χ3n) is 4.24. The van der Waals surface area contributed by atoms with Crippen LogP contribution < -0.4 is 5.32 Å². The molecule has 0 saturated carbocycles. The predicted molar refractivity (Wildman–Crippen MR) is 94.0 cm³/mol. The molecule has 3 aromatic rings. The minimum atomic E-state index is -3.59. The Kier molecular flexibility index (Phi) is 4.03. The fourth-order valence-corrected chi connectivity index (χ4v) is 4.33. The van der Waals surface area contributed by atoms with Crippen LogP contribution >= 0.6 is 0 Å². The lowest BCUT2D eigenvalue weighted by Crippen LogP contribution is -2.18. The van der Waals surface area contributed by atoms with Gasteiger partial charge in [-0.1, -0.05) is 30.3 Å². The maximum absolute atomic E-state index is 13.9. The Hall–Kier alpha value is -3.07. The molecule has 0 radical (unpaired) electrons. The number of sulfone groups is 1. The van der Waals surface area contributed by atoms with Gasteiger partial charge in [-0.15, -0.1) is 0 Å². The molecule has 0 saturated heterocycles. The Morgan fingerprint density at radius 3 is 2.56 bits per heavy atom. The number of carbonyl (C=O) groups excluding carboxylic acids is 1. The smallest absolute Gasteiger partial charge is 0.274 e. The van der Waals surface area contributed by atoms with Gasteiger partial charge in [-0.2, -0.15) is 0 Å². The highest BCUT2D eigenvalue weighted by molar-refractivity contribution is 7.91. The Bertz CT molecular complexity index is 1160. The van der Waals surface area contributed by atoms with E-state index in [-0.39, 0.29) is 34.5 Å². The van der Waals surface area contributed by atoms with Crippen molar-refractivity contribution in [3.8, 4) is 11.3 Å². The van der Waals surface area contributed by atoms with Crippen LogP contribution in [-0.2, 0) is 16.4 Å². The molecule has 27 heavy (non-hydrogen) atoms. The van der Waals surface area contributed by atoms with E-state index in [1.54, 1.807) is 30.3 Å². The number of halogens is 2.